The Labute approximate surface area is 127 Å². The van der Waals surface area contributed by atoms with E-state index in [-0.39, 0.29) is 11.5 Å². The topological polar surface area (TPSA) is 61.0 Å². The lowest BCUT2D eigenvalue weighted by Crippen LogP contribution is -2.46. The molecule has 0 aliphatic carbocycles. The predicted octanol–water partition coefficient (Wildman–Crippen LogP) is 2.25. The lowest BCUT2D eigenvalue weighted by atomic mass is 10.0. The Morgan fingerprint density at radius 3 is 3.00 bits per heavy atom. The minimum atomic E-state index is -0.0467. The van der Waals surface area contributed by atoms with Gasteiger partial charge >= 0.3 is 0 Å². The molecule has 2 N–H and O–H groups in total. The van der Waals surface area contributed by atoms with Crippen LogP contribution >= 0.6 is 0 Å². The Morgan fingerprint density at radius 2 is 2.29 bits per heavy atom. The molecule has 1 aliphatic heterocycles. The highest BCUT2D eigenvalue weighted by Gasteiger charge is 2.24. The summed E-state index contributed by atoms with van der Waals surface area (Å²) in [7, 11) is 0. The molecule has 1 atom stereocenters. The van der Waals surface area contributed by atoms with E-state index in [0.29, 0.717) is 6.04 Å². The fraction of sp³-hybridized carbons (Fsp3) is 0.750. The summed E-state index contributed by atoms with van der Waals surface area (Å²) in [5.74, 6) is 1.85. The molecule has 0 spiro atoms. The SMILES string of the molecule is CCCNCC1CCCCN1c1cc(=O)[nH]c(C(C)C)n1. The Bertz CT molecular complexity index is 497. The number of nitrogens with one attached hydrogen (secondary N) is 2. The molecule has 1 saturated heterocycles. The minimum Gasteiger partial charge on any atom is -0.352 e. The quantitative estimate of drug-likeness (QED) is 0.790. The molecule has 0 aromatic carbocycles. The smallest absolute Gasteiger partial charge is 0.252 e. The van der Waals surface area contributed by atoms with Crippen molar-refractivity contribution in [3.05, 3.63) is 22.2 Å². The first-order valence-corrected chi connectivity index (χ1v) is 8.20. The fourth-order valence-electron chi connectivity index (χ4n) is 2.84. The summed E-state index contributed by atoms with van der Waals surface area (Å²) in [5.41, 5.74) is -0.0467. The number of hydrogen-bond acceptors (Lipinski definition) is 4. The summed E-state index contributed by atoms with van der Waals surface area (Å²) in [4.78, 5) is 21.7. The summed E-state index contributed by atoms with van der Waals surface area (Å²) in [6.07, 6.45) is 4.75. The van der Waals surface area contributed by atoms with Gasteiger partial charge in [0, 0.05) is 31.1 Å². The van der Waals surface area contributed by atoms with Gasteiger partial charge in [-0.25, -0.2) is 4.98 Å². The molecule has 1 aromatic rings. The molecule has 1 unspecified atom stereocenters. The average Bonchev–Trinajstić information content (AvgIpc) is 2.47. The number of H-pyrrole nitrogens is 1. The average molecular weight is 292 g/mol. The molecule has 118 valence electrons. The van der Waals surface area contributed by atoms with Crippen molar-refractivity contribution in [3.8, 4) is 0 Å². The lowest BCUT2D eigenvalue weighted by molar-refractivity contribution is 0.432. The highest BCUT2D eigenvalue weighted by molar-refractivity contribution is 5.40. The molecule has 0 radical (unpaired) electrons. The number of anilines is 1. The van der Waals surface area contributed by atoms with Crippen LogP contribution in [0, 0.1) is 0 Å². The maximum absolute atomic E-state index is 11.9. The van der Waals surface area contributed by atoms with Crippen LogP contribution in [0.15, 0.2) is 10.9 Å². The fourth-order valence-corrected chi connectivity index (χ4v) is 2.84. The third-order valence-corrected chi connectivity index (χ3v) is 4.02. The molecule has 1 aliphatic rings. The minimum absolute atomic E-state index is 0.0467. The van der Waals surface area contributed by atoms with Gasteiger partial charge in [0.15, 0.2) is 0 Å². The van der Waals surface area contributed by atoms with Crippen molar-refractivity contribution in [2.75, 3.05) is 24.5 Å². The van der Waals surface area contributed by atoms with Gasteiger partial charge in [0.2, 0.25) is 0 Å². The van der Waals surface area contributed by atoms with Crippen LogP contribution in [0.3, 0.4) is 0 Å². The van der Waals surface area contributed by atoms with E-state index in [0.717, 1.165) is 37.7 Å². The van der Waals surface area contributed by atoms with Gasteiger partial charge in [0.05, 0.1) is 0 Å². The van der Waals surface area contributed by atoms with Crippen LogP contribution in [-0.4, -0.2) is 35.6 Å². The van der Waals surface area contributed by atoms with Gasteiger partial charge in [0.1, 0.15) is 11.6 Å². The predicted molar refractivity (Wildman–Crippen MR) is 87.1 cm³/mol. The van der Waals surface area contributed by atoms with E-state index in [4.69, 9.17) is 0 Å². The van der Waals surface area contributed by atoms with Gasteiger partial charge in [-0.15, -0.1) is 0 Å². The van der Waals surface area contributed by atoms with E-state index in [2.05, 4.69) is 41.0 Å². The van der Waals surface area contributed by atoms with Gasteiger partial charge < -0.3 is 15.2 Å². The van der Waals surface area contributed by atoms with Gasteiger partial charge in [-0.05, 0) is 32.2 Å². The Morgan fingerprint density at radius 1 is 1.48 bits per heavy atom. The first kappa shape index (κ1) is 16.0. The number of aromatic nitrogens is 2. The molecule has 2 rings (SSSR count). The van der Waals surface area contributed by atoms with Crippen LogP contribution in [0.2, 0.25) is 0 Å². The van der Waals surface area contributed by atoms with E-state index in [1.807, 2.05) is 0 Å². The van der Waals surface area contributed by atoms with Crippen molar-refractivity contribution >= 4 is 5.82 Å². The molecule has 1 aromatic heterocycles. The Hall–Kier alpha value is -1.36. The van der Waals surface area contributed by atoms with Crippen molar-refractivity contribution in [2.45, 2.75) is 58.4 Å². The summed E-state index contributed by atoms with van der Waals surface area (Å²) in [5, 5.41) is 3.50. The highest BCUT2D eigenvalue weighted by atomic mass is 16.1. The second kappa shape index (κ2) is 7.59. The second-order valence-electron chi connectivity index (χ2n) is 6.19. The summed E-state index contributed by atoms with van der Waals surface area (Å²) in [6, 6.07) is 2.09. The molecule has 0 amide bonds. The third-order valence-electron chi connectivity index (χ3n) is 4.02. The summed E-state index contributed by atoms with van der Waals surface area (Å²) < 4.78 is 0. The second-order valence-corrected chi connectivity index (χ2v) is 6.19. The summed E-state index contributed by atoms with van der Waals surface area (Å²) >= 11 is 0. The molecule has 1 fully saturated rings. The van der Waals surface area contributed by atoms with Gasteiger partial charge in [-0.3, -0.25) is 4.79 Å². The van der Waals surface area contributed by atoms with Crippen LogP contribution in [0.5, 0.6) is 0 Å². The molecule has 5 heteroatoms. The highest BCUT2D eigenvalue weighted by Crippen LogP contribution is 2.23. The molecule has 5 nitrogen and oxygen atoms in total. The number of aromatic amines is 1. The number of hydrogen-bond donors (Lipinski definition) is 2. The van der Waals surface area contributed by atoms with E-state index in [1.165, 1.54) is 19.3 Å². The van der Waals surface area contributed by atoms with E-state index < -0.39 is 0 Å². The Balaban J connectivity index is 2.18. The standard InChI is InChI=1S/C16H28N4O/c1-4-8-17-11-13-7-5-6-9-20(13)14-10-15(21)19-16(18-14)12(2)3/h10,12-13,17H,4-9,11H2,1-3H3,(H,18,19,21). The molecular formula is C16H28N4O. The zero-order valence-electron chi connectivity index (χ0n) is 13.5. The van der Waals surface area contributed by atoms with Crippen LogP contribution < -0.4 is 15.8 Å². The van der Waals surface area contributed by atoms with Crippen LogP contribution in [0.4, 0.5) is 5.82 Å². The monoisotopic (exact) mass is 292 g/mol. The lowest BCUT2D eigenvalue weighted by Gasteiger charge is -2.37. The number of piperidine rings is 1. The van der Waals surface area contributed by atoms with E-state index in [1.54, 1.807) is 6.07 Å². The van der Waals surface area contributed by atoms with Crippen molar-refractivity contribution in [1.29, 1.82) is 0 Å². The molecule has 21 heavy (non-hydrogen) atoms. The van der Waals surface area contributed by atoms with Gasteiger partial charge in [-0.1, -0.05) is 20.8 Å². The van der Waals surface area contributed by atoms with Gasteiger partial charge in [0.25, 0.3) is 5.56 Å². The Kier molecular flexibility index (Phi) is 5.79. The van der Waals surface area contributed by atoms with Crippen molar-refractivity contribution in [2.24, 2.45) is 0 Å². The zero-order valence-corrected chi connectivity index (χ0v) is 13.5. The van der Waals surface area contributed by atoms with Crippen molar-refractivity contribution in [1.82, 2.24) is 15.3 Å². The summed E-state index contributed by atoms with van der Waals surface area (Å²) in [6.45, 7) is 9.30. The van der Waals surface area contributed by atoms with Gasteiger partial charge in [-0.2, -0.15) is 0 Å². The largest absolute Gasteiger partial charge is 0.352 e. The maximum atomic E-state index is 11.9. The van der Waals surface area contributed by atoms with E-state index in [9.17, 15) is 4.79 Å². The van der Waals surface area contributed by atoms with Crippen molar-refractivity contribution in [3.63, 3.8) is 0 Å². The maximum Gasteiger partial charge on any atom is 0.252 e. The van der Waals surface area contributed by atoms with Crippen molar-refractivity contribution < 1.29 is 0 Å². The first-order valence-electron chi connectivity index (χ1n) is 8.20. The number of nitrogens with zero attached hydrogens (tertiary/aromatic N) is 2. The van der Waals surface area contributed by atoms with Crippen LogP contribution in [0.25, 0.3) is 0 Å². The first-order chi connectivity index (χ1) is 10.1. The zero-order chi connectivity index (χ0) is 15.2. The molecule has 2 heterocycles. The van der Waals surface area contributed by atoms with Crippen LogP contribution in [0.1, 0.15) is 58.2 Å². The molecule has 0 saturated carbocycles. The van der Waals surface area contributed by atoms with Crippen LogP contribution in [-0.2, 0) is 0 Å². The normalized spacial score (nSPS) is 19.2. The van der Waals surface area contributed by atoms with E-state index >= 15 is 0 Å². The number of rotatable bonds is 6. The molecule has 0 bridgehead atoms. The molecular weight excluding hydrogens is 264 g/mol. The third kappa shape index (κ3) is 4.30.